The van der Waals surface area contributed by atoms with Gasteiger partial charge in [0.25, 0.3) is 0 Å². The van der Waals surface area contributed by atoms with Crippen molar-refractivity contribution >= 4 is 17.3 Å². The molecule has 0 aliphatic carbocycles. The maximum Gasteiger partial charge on any atom is 0.166 e. The minimum absolute atomic E-state index is 0.307. The van der Waals surface area contributed by atoms with Crippen molar-refractivity contribution in [1.82, 2.24) is 10.6 Å². The molecular weight excluding hydrogens is 328 g/mol. The highest BCUT2D eigenvalue weighted by Gasteiger charge is 2.16. The van der Waals surface area contributed by atoms with E-state index in [0.717, 1.165) is 44.1 Å². The van der Waals surface area contributed by atoms with Crippen LogP contribution in [-0.2, 0) is 4.74 Å². The summed E-state index contributed by atoms with van der Waals surface area (Å²) in [4.78, 5) is 0. The summed E-state index contributed by atoms with van der Waals surface area (Å²) < 4.78 is 5.61. The summed E-state index contributed by atoms with van der Waals surface area (Å²) in [6.45, 7) is 2.51. The third-order valence-corrected chi connectivity index (χ3v) is 4.93. The molecule has 1 aliphatic heterocycles. The predicted octanol–water partition coefficient (Wildman–Crippen LogP) is 3.85. The van der Waals surface area contributed by atoms with Gasteiger partial charge in [-0.05, 0) is 42.6 Å². The average Bonchev–Trinajstić information content (AvgIpc) is 3.19. The van der Waals surface area contributed by atoms with Gasteiger partial charge >= 0.3 is 0 Å². The van der Waals surface area contributed by atoms with Crippen molar-refractivity contribution in [1.29, 1.82) is 0 Å². The van der Waals surface area contributed by atoms with Crippen molar-refractivity contribution < 1.29 is 4.74 Å². The van der Waals surface area contributed by atoms with Gasteiger partial charge in [0.05, 0.1) is 6.10 Å². The Balaban J connectivity index is 1.51. The van der Waals surface area contributed by atoms with Crippen LogP contribution in [0.2, 0.25) is 0 Å². The summed E-state index contributed by atoms with van der Waals surface area (Å²) in [6, 6.07) is 21.3. The Bertz CT molecular complexity index is 602. The van der Waals surface area contributed by atoms with Crippen molar-refractivity contribution in [2.24, 2.45) is 0 Å². The Labute approximate surface area is 155 Å². The molecule has 4 heteroatoms. The number of hydrogen-bond acceptors (Lipinski definition) is 2. The highest BCUT2D eigenvalue weighted by Crippen LogP contribution is 2.27. The molecule has 132 valence electrons. The fraction of sp³-hybridized carbons (Fsp3) is 0.381. The van der Waals surface area contributed by atoms with Crippen LogP contribution in [0, 0.1) is 0 Å². The molecule has 3 nitrogen and oxygen atoms in total. The van der Waals surface area contributed by atoms with E-state index >= 15 is 0 Å². The highest BCUT2D eigenvalue weighted by atomic mass is 32.1. The molecule has 2 aromatic rings. The van der Waals surface area contributed by atoms with Crippen LogP contribution >= 0.6 is 12.2 Å². The van der Waals surface area contributed by atoms with E-state index in [4.69, 9.17) is 17.0 Å². The normalized spacial score (nSPS) is 16.8. The summed E-state index contributed by atoms with van der Waals surface area (Å²) in [5.41, 5.74) is 2.68. The van der Waals surface area contributed by atoms with Gasteiger partial charge in [0, 0.05) is 25.6 Å². The van der Waals surface area contributed by atoms with Crippen LogP contribution in [0.4, 0.5) is 0 Å². The van der Waals surface area contributed by atoms with Gasteiger partial charge in [0.15, 0.2) is 5.11 Å². The zero-order valence-corrected chi connectivity index (χ0v) is 15.3. The highest BCUT2D eigenvalue weighted by molar-refractivity contribution is 7.80. The first-order valence-electron chi connectivity index (χ1n) is 9.06. The molecule has 3 rings (SSSR count). The van der Waals surface area contributed by atoms with Crippen molar-refractivity contribution in [2.45, 2.75) is 31.3 Å². The molecule has 0 bridgehead atoms. The van der Waals surface area contributed by atoms with E-state index in [1.807, 2.05) is 0 Å². The van der Waals surface area contributed by atoms with E-state index in [2.05, 4.69) is 71.3 Å². The van der Waals surface area contributed by atoms with Crippen LogP contribution in [0.3, 0.4) is 0 Å². The van der Waals surface area contributed by atoms with Gasteiger partial charge in [-0.3, -0.25) is 0 Å². The molecular formula is C21H26N2OS. The van der Waals surface area contributed by atoms with Crippen LogP contribution in [0.15, 0.2) is 60.7 Å². The molecule has 1 heterocycles. The minimum Gasteiger partial charge on any atom is -0.376 e. The topological polar surface area (TPSA) is 33.3 Å². The molecule has 0 saturated carbocycles. The molecule has 0 spiro atoms. The summed E-state index contributed by atoms with van der Waals surface area (Å²) in [5, 5.41) is 7.33. The lowest BCUT2D eigenvalue weighted by Gasteiger charge is -2.19. The fourth-order valence-corrected chi connectivity index (χ4v) is 3.49. The lowest BCUT2D eigenvalue weighted by molar-refractivity contribution is 0.114. The van der Waals surface area contributed by atoms with Crippen molar-refractivity contribution in [3.63, 3.8) is 0 Å². The summed E-state index contributed by atoms with van der Waals surface area (Å²) in [6.07, 6.45) is 3.58. The first-order chi connectivity index (χ1) is 12.3. The monoisotopic (exact) mass is 354 g/mol. The third kappa shape index (κ3) is 5.55. The first kappa shape index (κ1) is 17.9. The van der Waals surface area contributed by atoms with Gasteiger partial charge in [-0.1, -0.05) is 60.7 Å². The smallest absolute Gasteiger partial charge is 0.166 e. The van der Waals surface area contributed by atoms with Crippen molar-refractivity contribution in [3.05, 3.63) is 71.8 Å². The zero-order valence-electron chi connectivity index (χ0n) is 14.5. The largest absolute Gasteiger partial charge is 0.376 e. The van der Waals surface area contributed by atoms with E-state index in [-0.39, 0.29) is 0 Å². The van der Waals surface area contributed by atoms with E-state index in [9.17, 15) is 0 Å². The second-order valence-corrected chi connectivity index (χ2v) is 6.84. The Kier molecular flexibility index (Phi) is 6.83. The van der Waals surface area contributed by atoms with Crippen LogP contribution in [0.1, 0.15) is 36.3 Å². The van der Waals surface area contributed by atoms with Gasteiger partial charge in [0.2, 0.25) is 0 Å². The minimum atomic E-state index is 0.307. The first-order valence-corrected chi connectivity index (χ1v) is 9.47. The third-order valence-electron chi connectivity index (χ3n) is 4.64. The standard InChI is InChI=1S/C21H26N2OS/c25-21(23-16-19-12-7-15-24-19)22-14-13-20(17-8-3-1-4-9-17)18-10-5-2-6-11-18/h1-6,8-11,19-20H,7,12-16H2,(H2,22,23,25). The van der Waals surface area contributed by atoms with Crippen LogP contribution in [0.25, 0.3) is 0 Å². The molecule has 2 N–H and O–H groups in total. The maximum atomic E-state index is 5.61. The second-order valence-electron chi connectivity index (χ2n) is 6.43. The molecule has 1 saturated heterocycles. The van der Waals surface area contributed by atoms with E-state index < -0.39 is 0 Å². The molecule has 2 aromatic carbocycles. The predicted molar refractivity (Wildman–Crippen MR) is 107 cm³/mol. The molecule has 1 unspecified atom stereocenters. The molecule has 0 radical (unpaired) electrons. The molecule has 1 atom stereocenters. The van der Waals surface area contributed by atoms with Gasteiger partial charge < -0.3 is 15.4 Å². The SMILES string of the molecule is S=C(NCCC(c1ccccc1)c1ccccc1)NCC1CCCO1. The zero-order chi connectivity index (χ0) is 17.3. The van der Waals surface area contributed by atoms with Crippen LogP contribution in [-0.4, -0.2) is 30.9 Å². The lowest BCUT2D eigenvalue weighted by Crippen LogP contribution is -2.40. The van der Waals surface area contributed by atoms with Gasteiger partial charge in [-0.2, -0.15) is 0 Å². The number of thiocarbonyl (C=S) groups is 1. The van der Waals surface area contributed by atoms with Gasteiger partial charge in [-0.25, -0.2) is 0 Å². The average molecular weight is 355 g/mol. The fourth-order valence-electron chi connectivity index (χ4n) is 3.30. The summed E-state index contributed by atoms with van der Waals surface area (Å²) >= 11 is 5.40. The number of rotatable bonds is 7. The number of ether oxygens (including phenoxy) is 1. The van der Waals surface area contributed by atoms with Gasteiger partial charge in [-0.15, -0.1) is 0 Å². The van der Waals surface area contributed by atoms with Crippen molar-refractivity contribution in [3.8, 4) is 0 Å². The van der Waals surface area contributed by atoms with Crippen LogP contribution in [0.5, 0.6) is 0 Å². The number of benzene rings is 2. The van der Waals surface area contributed by atoms with Crippen LogP contribution < -0.4 is 10.6 Å². The Hall–Kier alpha value is -1.91. The van der Waals surface area contributed by atoms with E-state index in [1.54, 1.807) is 0 Å². The van der Waals surface area contributed by atoms with E-state index in [0.29, 0.717) is 12.0 Å². The second kappa shape index (κ2) is 9.54. The van der Waals surface area contributed by atoms with E-state index in [1.165, 1.54) is 11.1 Å². The van der Waals surface area contributed by atoms with Gasteiger partial charge in [0.1, 0.15) is 0 Å². The Morgan fingerprint density at radius 3 is 2.20 bits per heavy atom. The molecule has 25 heavy (non-hydrogen) atoms. The maximum absolute atomic E-state index is 5.61. The molecule has 0 aromatic heterocycles. The number of hydrogen-bond donors (Lipinski definition) is 2. The molecule has 0 amide bonds. The number of nitrogens with one attached hydrogen (secondary N) is 2. The van der Waals surface area contributed by atoms with Crippen molar-refractivity contribution in [2.75, 3.05) is 19.7 Å². The lowest BCUT2D eigenvalue weighted by atomic mass is 9.88. The summed E-state index contributed by atoms with van der Waals surface area (Å²) in [7, 11) is 0. The summed E-state index contributed by atoms with van der Waals surface area (Å²) in [5.74, 6) is 0.371. The Morgan fingerprint density at radius 2 is 1.64 bits per heavy atom. The quantitative estimate of drug-likeness (QED) is 0.740. The molecule has 1 aliphatic rings. The molecule has 1 fully saturated rings. The Morgan fingerprint density at radius 1 is 1.00 bits per heavy atom.